The Morgan fingerprint density at radius 1 is 1.24 bits per heavy atom. The fraction of sp³-hybridized carbons (Fsp3) is 0.500. The Balaban J connectivity index is 2.83. The molecule has 21 heavy (non-hydrogen) atoms. The number of anilines is 1. The largest absolute Gasteiger partial charge is 0.325 e. The standard InChI is InChI=1S/C14H23N3O3S/c1-5-16-21(19,20)11-8-6-10(7-9-11)17-13(18)12(15)14(2,3)4/h6-9,12,16H,5,15H2,1-4H3,(H,17,18). The Bertz CT molecular complexity index is 589. The van der Waals surface area contributed by atoms with Crippen molar-refractivity contribution < 1.29 is 13.2 Å². The molecule has 0 radical (unpaired) electrons. The molecule has 0 aliphatic heterocycles. The normalized spacial score (nSPS) is 13.8. The molecule has 6 nitrogen and oxygen atoms in total. The first-order chi connectivity index (χ1) is 9.58. The van der Waals surface area contributed by atoms with Crippen molar-refractivity contribution in [2.75, 3.05) is 11.9 Å². The molecule has 1 atom stereocenters. The Kier molecular flexibility index (Phi) is 5.49. The second kappa shape index (κ2) is 6.55. The molecule has 0 aliphatic carbocycles. The van der Waals surface area contributed by atoms with Crippen molar-refractivity contribution in [3.8, 4) is 0 Å². The third kappa shape index (κ3) is 4.80. The lowest BCUT2D eigenvalue weighted by molar-refractivity contribution is -0.119. The lowest BCUT2D eigenvalue weighted by Crippen LogP contribution is -2.45. The Morgan fingerprint density at radius 2 is 1.76 bits per heavy atom. The van der Waals surface area contributed by atoms with Crippen molar-refractivity contribution in [1.29, 1.82) is 0 Å². The van der Waals surface area contributed by atoms with Crippen molar-refractivity contribution in [3.05, 3.63) is 24.3 Å². The second-order valence-corrected chi connectivity index (χ2v) is 7.63. The van der Waals surface area contributed by atoms with Crippen molar-refractivity contribution in [1.82, 2.24) is 4.72 Å². The van der Waals surface area contributed by atoms with Crippen LogP contribution in [-0.4, -0.2) is 26.9 Å². The molecule has 1 unspecified atom stereocenters. The van der Waals surface area contributed by atoms with Gasteiger partial charge >= 0.3 is 0 Å². The number of nitrogens with two attached hydrogens (primary N) is 1. The summed E-state index contributed by atoms with van der Waals surface area (Å²) in [5, 5.41) is 2.68. The van der Waals surface area contributed by atoms with Gasteiger partial charge in [0.25, 0.3) is 0 Å². The molecular formula is C14H23N3O3S. The van der Waals surface area contributed by atoms with E-state index in [-0.39, 0.29) is 16.2 Å². The first kappa shape index (κ1) is 17.6. The summed E-state index contributed by atoms with van der Waals surface area (Å²) >= 11 is 0. The van der Waals surface area contributed by atoms with Crippen molar-refractivity contribution in [2.45, 2.75) is 38.6 Å². The Labute approximate surface area is 126 Å². The van der Waals surface area contributed by atoms with E-state index in [0.29, 0.717) is 12.2 Å². The summed E-state index contributed by atoms with van der Waals surface area (Å²) in [6.07, 6.45) is 0. The summed E-state index contributed by atoms with van der Waals surface area (Å²) in [7, 11) is -3.48. The minimum atomic E-state index is -3.48. The number of hydrogen-bond donors (Lipinski definition) is 3. The summed E-state index contributed by atoms with van der Waals surface area (Å²) in [5.74, 6) is -0.301. The molecule has 0 aromatic heterocycles. The molecule has 0 saturated heterocycles. The summed E-state index contributed by atoms with van der Waals surface area (Å²) in [6.45, 7) is 7.66. The van der Waals surface area contributed by atoms with Gasteiger partial charge in [-0.2, -0.15) is 0 Å². The van der Waals surface area contributed by atoms with Gasteiger partial charge in [-0.3, -0.25) is 4.79 Å². The average molecular weight is 313 g/mol. The second-order valence-electron chi connectivity index (χ2n) is 5.86. The maximum atomic E-state index is 12.0. The fourth-order valence-corrected chi connectivity index (χ4v) is 2.65. The number of sulfonamides is 1. The van der Waals surface area contributed by atoms with Gasteiger partial charge in [-0.15, -0.1) is 0 Å². The molecule has 1 aromatic rings. The van der Waals surface area contributed by atoms with E-state index in [1.54, 1.807) is 6.92 Å². The molecule has 118 valence electrons. The van der Waals surface area contributed by atoms with Gasteiger partial charge in [0.2, 0.25) is 15.9 Å². The van der Waals surface area contributed by atoms with Crippen molar-refractivity contribution in [3.63, 3.8) is 0 Å². The van der Waals surface area contributed by atoms with E-state index in [0.717, 1.165) is 0 Å². The lowest BCUT2D eigenvalue weighted by atomic mass is 9.87. The topological polar surface area (TPSA) is 101 Å². The Hall–Kier alpha value is -1.44. The summed E-state index contributed by atoms with van der Waals surface area (Å²) < 4.78 is 26.0. The van der Waals surface area contributed by atoms with Crippen LogP contribution >= 0.6 is 0 Å². The highest BCUT2D eigenvalue weighted by molar-refractivity contribution is 7.89. The Morgan fingerprint density at radius 3 is 2.19 bits per heavy atom. The number of carbonyl (C=O) groups is 1. The van der Waals surface area contributed by atoms with Gasteiger partial charge in [-0.25, -0.2) is 13.1 Å². The monoisotopic (exact) mass is 313 g/mol. The molecule has 1 rings (SSSR count). The van der Waals surface area contributed by atoms with Crippen molar-refractivity contribution >= 4 is 21.6 Å². The summed E-state index contributed by atoms with van der Waals surface area (Å²) in [6, 6.07) is 5.31. The number of rotatable bonds is 5. The predicted molar refractivity (Wildman–Crippen MR) is 83.4 cm³/mol. The van der Waals surface area contributed by atoms with Crippen LogP contribution in [-0.2, 0) is 14.8 Å². The number of carbonyl (C=O) groups excluding carboxylic acids is 1. The first-order valence-electron chi connectivity index (χ1n) is 6.74. The van der Waals surface area contributed by atoms with E-state index >= 15 is 0 Å². The van der Waals surface area contributed by atoms with Crippen LogP contribution in [0.3, 0.4) is 0 Å². The fourth-order valence-electron chi connectivity index (χ4n) is 1.60. The number of nitrogens with one attached hydrogen (secondary N) is 2. The SMILES string of the molecule is CCNS(=O)(=O)c1ccc(NC(=O)C(N)C(C)(C)C)cc1. The van der Waals surface area contributed by atoms with Gasteiger partial charge in [0.1, 0.15) is 0 Å². The van der Waals surface area contributed by atoms with Crippen LogP contribution in [0.25, 0.3) is 0 Å². The minimum absolute atomic E-state index is 0.155. The third-order valence-electron chi connectivity index (χ3n) is 2.98. The third-order valence-corrected chi connectivity index (χ3v) is 4.54. The quantitative estimate of drug-likeness (QED) is 0.762. The van der Waals surface area contributed by atoms with Crippen LogP contribution in [0.15, 0.2) is 29.2 Å². The van der Waals surface area contributed by atoms with Crippen LogP contribution in [0.5, 0.6) is 0 Å². The predicted octanol–water partition coefficient (Wildman–Crippen LogP) is 1.30. The zero-order valence-corrected chi connectivity index (χ0v) is 13.6. The molecule has 0 aliphatic rings. The average Bonchev–Trinajstić information content (AvgIpc) is 2.37. The smallest absolute Gasteiger partial charge is 0.241 e. The molecular weight excluding hydrogens is 290 g/mol. The van der Waals surface area contributed by atoms with Crippen LogP contribution in [0, 0.1) is 5.41 Å². The van der Waals surface area contributed by atoms with E-state index in [4.69, 9.17) is 5.73 Å². The maximum Gasteiger partial charge on any atom is 0.241 e. The van der Waals surface area contributed by atoms with E-state index < -0.39 is 16.1 Å². The lowest BCUT2D eigenvalue weighted by Gasteiger charge is -2.25. The first-order valence-corrected chi connectivity index (χ1v) is 8.22. The number of benzene rings is 1. The van der Waals surface area contributed by atoms with Gasteiger partial charge in [-0.1, -0.05) is 27.7 Å². The molecule has 0 heterocycles. The van der Waals surface area contributed by atoms with Gasteiger partial charge in [0.05, 0.1) is 10.9 Å². The maximum absolute atomic E-state index is 12.0. The van der Waals surface area contributed by atoms with E-state index in [2.05, 4.69) is 10.0 Å². The zero-order chi connectivity index (χ0) is 16.3. The van der Waals surface area contributed by atoms with E-state index in [1.165, 1.54) is 24.3 Å². The van der Waals surface area contributed by atoms with Crippen LogP contribution < -0.4 is 15.8 Å². The molecule has 0 bridgehead atoms. The van der Waals surface area contributed by atoms with Crippen LogP contribution in [0.4, 0.5) is 5.69 Å². The highest BCUT2D eigenvalue weighted by atomic mass is 32.2. The van der Waals surface area contributed by atoms with E-state index in [1.807, 2.05) is 20.8 Å². The zero-order valence-electron chi connectivity index (χ0n) is 12.8. The number of amides is 1. The van der Waals surface area contributed by atoms with Crippen molar-refractivity contribution in [2.24, 2.45) is 11.1 Å². The summed E-state index contributed by atoms with van der Waals surface area (Å²) in [5.41, 5.74) is 6.02. The van der Waals surface area contributed by atoms with Gasteiger partial charge in [0.15, 0.2) is 0 Å². The highest BCUT2D eigenvalue weighted by Crippen LogP contribution is 2.19. The molecule has 7 heteroatoms. The molecule has 1 amide bonds. The minimum Gasteiger partial charge on any atom is -0.325 e. The molecule has 0 saturated carbocycles. The van der Waals surface area contributed by atoms with E-state index in [9.17, 15) is 13.2 Å². The van der Waals surface area contributed by atoms with Crippen LogP contribution in [0.2, 0.25) is 0 Å². The molecule has 1 aromatic carbocycles. The number of hydrogen-bond acceptors (Lipinski definition) is 4. The molecule has 0 fully saturated rings. The summed E-state index contributed by atoms with van der Waals surface area (Å²) in [4.78, 5) is 12.1. The highest BCUT2D eigenvalue weighted by Gasteiger charge is 2.27. The van der Waals surface area contributed by atoms with Crippen LogP contribution in [0.1, 0.15) is 27.7 Å². The van der Waals surface area contributed by atoms with Gasteiger partial charge in [-0.05, 0) is 29.7 Å². The molecule has 0 spiro atoms. The molecule has 4 N–H and O–H groups in total. The van der Waals surface area contributed by atoms with Gasteiger partial charge in [0, 0.05) is 12.2 Å². The van der Waals surface area contributed by atoms with Gasteiger partial charge < -0.3 is 11.1 Å².